The topological polar surface area (TPSA) is 82.9 Å². The molecule has 2 amide bonds. The van der Waals surface area contributed by atoms with Crippen LogP contribution in [-0.2, 0) is 11.2 Å². The number of benzene rings is 2. The Kier molecular flexibility index (Phi) is 7.50. The molecule has 2 aromatic rings. The van der Waals surface area contributed by atoms with Crippen molar-refractivity contribution < 1.29 is 19.1 Å². The lowest BCUT2D eigenvalue weighted by atomic mass is 10.1. The van der Waals surface area contributed by atoms with Crippen LogP contribution in [0.5, 0.6) is 11.5 Å². The number of hydrogen-bond donors (Lipinski definition) is 0. The number of carbonyl (C=O) groups is 2. The highest BCUT2D eigenvalue weighted by molar-refractivity contribution is 5.94. The quantitative estimate of drug-likeness (QED) is 0.687. The first-order valence-electron chi connectivity index (χ1n) is 10.5. The summed E-state index contributed by atoms with van der Waals surface area (Å²) in [5.74, 6) is 0.716. The maximum Gasteiger partial charge on any atom is 0.260 e. The Balaban J connectivity index is 1.52. The summed E-state index contributed by atoms with van der Waals surface area (Å²) >= 11 is 0. The largest absolute Gasteiger partial charge is 0.490 e. The first-order valence-corrected chi connectivity index (χ1v) is 10.5. The normalized spacial score (nSPS) is 13.5. The molecule has 2 aromatic carbocycles. The van der Waals surface area contributed by atoms with Crippen LogP contribution in [0.15, 0.2) is 42.5 Å². The van der Waals surface area contributed by atoms with Gasteiger partial charge in [-0.25, -0.2) is 0 Å². The van der Waals surface area contributed by atoms with Gasteiger partial charge in [-0.15, -0.1) is 0 Å². The van der Waals surface area contributed by atoms with Crippen molar-refractivity contribution in [3.05, 3.63) is 59.2 Å². The zero-order chi connectivity index (χ0) is 22.2. The molecule has 0 saturated carbocycles. The number of carbonyl (C=O) groups excluding carboxylic acids is 2. The van der Waals surface area contributed by atoms with E-state index >= 15 is 0 Å². The second kappa shape index (κ2) is 10.5. The van der Waals surface area contributed by atoms with Gasteiger partial charge in [0.2, 0.25) is 0 Å². The number of nitriles is 1. The Labute approximate surface area is 182 Å². The minimum Gasteiger partial charge on any atom is -0.490 e. The van der Waals surface area contributed by atoms with Crippen molar-refractivity contribution in [2.75, 3.05) is 39.4 Å². The molecule has 7 nitrogen and oxygen atoms in total. The van der Waals surface area contributed by atoms with E-state index < -0.39 is 0 Å². The van der Waals surface area contributed by atoms with Crippen molar-refractivity contribution >= 4 is 11.8 Å². The summed E-state index contributed by atoms with van der Waals surface area (Å²) < 4.78 is 11.2. The zero-order valence-electron chi connectivity index (χ0n) is 18.0. The molecule has 3 rings (SSSR count). The highest BCUT2D eigenvalue weighted by Crippen LogP contribution is 2.28. The molecule has 0 spiro atoms. The SMILES string of the molecule is CCOc1cc(C#N)ccc1OCC(=O)N1CCN(C(=O)c2ccc(CC)cc2)CC1. The van der Waals surface area contributed by atoms with E-state index in [1.54, 1.807) is 28.0 Å². The highest BCUT2D eigenvalue weighted by Gasteiger charge is 2.25. The molecule has 0 atom stereocenters. The Bertz CT molecular complexity index is 958. The van der Waals surface area contributed by atoms with Crippen LogP contribution in [0.25, 0.3) is 0 Å². The smallest absolute Gasteiger partial charge is 0.260 e. The van der Waals surface area contributed by atoms with Gasteiger partial charge in [-0.2, -0.15) is 5.26 Å². The van der Waals surface area contributed by atoms with Gasteiger partial charge in [0.25, 0.3) is 11.8 Å². The molecule has 1 saturated heterocycles. The van der Waals surface area contributed by atoms with Gasteiger partial charge in [0.15, 0.2) is 18.1 Å². The van der Waals surface area contributed by atoms with Crippen LogP contribution < -0.4 is 9.47 Å². The summed E-state index contributed by atoms with van der Waals surface area (Å²) in [6, 6.07) is 14.6. The molecule has 162 valence electrons. The van der Waals surface area contributed by atoms with Crippen molar-refractivity contribution in [2.24, 2.45) is 0 Å². The second-order valence-electron chi connectivity index (χ2n) is 7.22. The van der Waals surface area contributed by atoms with E-state index in [0.29, 0.717) is 55.4 Å². The third kappa shape index (κ3) is 5.54. The average molecular weight is 421 g/mol. The fraction of sp³-hybridized carbons (Fsp3) is 0.375. The maximum absolute atomic E-state index is 12.7. The molecule has 31 heavy (non-hydrogen) atoms. The molecular weight excluding hydrogens is 394 g/mol. The fourth-order valence-electron chi connectivity index (χ4n) is 3.42. The summed E-state index contributed by atoms with van der Waals surface area (Å²) in [4.78, 5) is 28.8. The second-order valence-corrected chi connectivity index (χ2v) is 7.22. The number of aryl methyl sites for hydroxylation is 1. The molecule has 0 N–H and O–H groups in total. The van der Waals surface area contributed by atoms with Crippen molar-refractivity contribution in [1.82, 2.24) is 9.80 Å². The molecule has 0 aliphatic carbocycles. The lowest BCUT2D eigenvalue weighted by molar-refractivity contribution is -0.134. The van der Waals surface area contributed by atoms with Crippen LogP contribution in [0.1, 0.15) is 35.3 Å². The van der Waals surface area contributed by atoms with Gasteiger partial charge in [-0.3, -0.25) is 9.59 Å². The van der Waals surface area contributed by atoms with Crippen LogP contribution in [0.3, 0.4) is 0 Å². The standard InChI is InChI=1S/C24H27N3O4/c1-3-18-5-8-20(9-6-18)24(29)27-13-11-26(12-14-27)23(28)17-31-21-10-7-19(16-25)15-22(21)30-4-2/h5-10,15H,3-4,11-14,17H2,1-2H3. The van der Waals surface area contributed by atoms with Gasteiger partial charge in [0.05, 0.1) is 18.2 Å². The predicted molar refractivity (Wildman–Crippen MR) is 116 cm³/mol. The summed E-state index contributed by atoms with van der Waals surface area (Å²) in [5.41, 5.74) is 2.33. The first kappa shape index (κ1) is 22.2. The Morgan fingerprint density at radius 2 is 1.61 bits per heavy atom. The van der Waals surface area contributed by atoms with Crippen LogP contribution in [0.4, 0.5) is 0 Å². The van der Waals surface area contributed by atoms with Crippen LogP contribution in [-0.4, -0.2) is 61.0 Å². The first-order chi connectivity index (χ1) is 15.0. The number of amides is 2. The van der Waals surface area contributed by atoms with E-state index in [-0.39, 0.29) is 18.4 Å². The van der Waals surface area contributed by atoms with Gasteiger partial charge in [-0.05, 0) is 43.2 Å². The van der Waals surface area contributed by atoms with Crippen LogP contribution in [0.2, 0.25) is 0 Å². The molecule has 0 radical (unpaired) electrons. The summed E-state index contributed by atoms with van der Waals surface area (Å²) in [6.07, 6.45) is 0.936. The monoisotopic (exact) mass is 421 g/mol. The van der Waals surface area contributed by atoms with E-state index in [1.165, 1.54) is 5.56 Å². The molecule has 7 heteroatoms. The predicted octanol–water partition coefficient (Wildman–Crippen LogP) is 2.88. The van der Waals surface area contributed by atoms with E-state index in [9.17, 15) is 9.59 Å². The van der Waals surface area contributed by atoms with Crippen LogP contribution in [0, 0.1) is 11.3 Å². The van der Waals surface area contributed by atoms with Crippen molar-refractivity contribution in [3.8, 4) is 17.6 Å². The van der Waals surface area contributed by atoms with E-state index in [1.807, 2.05) is 31.2 Å². The summed E-state index contributed by atoms with van der Waals surface area (Å²) in [5, 5.41) is 9.03. The molecule has 0 unspecified atom stereocenters. The number of ether oxygens (including phenoxy) is 2. The van der Waals surface area contributed by atoms with Gasteiger partial charge in [0, 0.05) is 37.8 Å². The number of nitrogens with zero attached hydrogens (tertiary/aromatic N) is 3. The molecule has 1 aliphatic heterocycles. The molecule has 0 aromatic heterocycles. The maximum atomic E-state index is 12.7. The van der Waals surface area contributed by atoms with Gasteiger partial charge < -0.3 is 19.3 Å². The van der Waals surface area contributed by atoms with Gasteiger partial charge >= 0.3 is 0 Å². The van der Waals surface area contributed by atoms with E-state index in [0.717, 1.165) is 6.42 Å². The summed E-state index contributed by atoms with van der Waals surface area (Å²) in [7, 11) is 0. The molecular formula is C24H27N3O4. The van der Waals surface area contributed by atoms with Crippen molar-refractivity contribution in [1.29, 1.82) is 5.26 Å². The van der Waals surface area contributed by atoms with Crippen LogP contribution >= 0.6 is 0 Å². The minimum atomic E-state index is -0.147. The molecule has 1 heterocycles. The average Bonchev–Trinajstić information content (AvgIpc) is 2.83. The van der Waals surface area contributed by atoms with Gasteiger partial charge in [0.1, 0.15) is 0 Å². The fourth-order valence-corrected chi connectivity index (χ4v) is 3.42. The zero-order valence-corrected chi connectivity index (χ0v) is 18.0. The molecule has 0 bridgehead atoms. The van der Waals surface area contributed by atoms with Crippen molar-refractivity contribution in [2.45, 2.75) is 20.3 Å². The Hall–Kier alpha value is -3.53. The van der Waals surface area contributed by atoms with E-state index in [4.69, 9.17) is 14.7 Å². The third-order valence-corrected chi connectivity index (χ3v) is 5.25. The lowest BCUT2D eigenvalue weighted by Crippen LogP contribution is -2.51. The highest BCUT2D eigenvalue weighted by atomic mass is 16.5. The molecule has 1 aliphatic rings. The Morgan fingerprint density at radius 3 is 2.23 bits per heavy atom. The molecule has 1 fully saturated rings. The summed E-state index contributed by atoms with van der Waals surface area (Å²) in [6.45, 7) is 6.12. The lowest BCUT2D eigenvalue weighted by Gasteiger charge is -2.34. The number of rotatable bonds is 7. The number of hydrogen-bond acceptors (Lipinski definition) is 5. The Morgan fingerprint density at radius 1 is 0.935 bits per heavy atom. The number of piperazine rings is 1. The third-order valence-electron chi connectivity index (χ3n) is 5.25. The van der Waals surface area contributed by atoms with E-state index in [2.05, 4.69) is 13.0 Å². The van der Waals surface area contributed by atoms with Crippen molar-refractivity contribution in [3.63, 3.8) is 0 Å². The minimum absolute atomic E-state index is 0.00931. The van der Waals surface area contributed by atoms with Gasteiger partial charge in [-0.1, -0.05) is 19.1 Å².